The molecule has 1 aliphatic heterocycles. The average molecular weight is 395 g/mol. The molecular weight excluding hydrogens is 374 g/mol. The van der Waals surface area contributed by atoms with Gasteiger partial charge in [0.2, 0.25) is 0 Å². The highest BCUT2D eigenvalue weighted by Crippen LogP contribution is 2.32. The van der Waals surface area contributed by atoms with Gasteiger partial charge < -0.3 is 9.47 Å². The van der Waals surface area contributed by atoms with E-state index in [4.69, 9.17) is 0 Å². The molecule has 0 bridgehead atoms. The van der Waals surface area contributed by atoms with Gasteiger partial charge in [-0.15, -0.1) is 0 Å². The molecule has 1 aliphatic rings. The SMILES string of the molecule is Cc1ccc(S(=O)(=O)NC(=O)N2CCn3cccc3C2c2ccccc2)cc1. The summed E-state index contributed by atoms with van der Waals surface area (Å²) in [6.45, 7) is 2.91. The number of hydrogen-bond acceptors (Lipinski definition) is 3. The molecule has 1 N–H and O–H groups in total. The second-order valence-electron chi connectivity index (χ2n) is 6.86. The molecule has 6 nitrogen and oxygen atoms in total. The Morgan fingerprint density at radius 2 is 1.68 bits per heavy atom. The fraction of sp³-hybridized carbons (Fsp3) is 0.190. The first-order valence-corrected chi connectivity index (χ1v) is 10.5. The third kappa shape index (κ3) is 3.41. The largest absolute Gasteiger partial charge is 0.348 e. The number of sulfonamides is 1. The number of nitrogens with one attached hydrogen (secondary N) is 1. The summed E-state index contributed by atoms with van der Waals surface area (Å²) in [5.41, 5.74) is 2.84. The Morgan fingerprint density at radius 1 is 0.964 bits per heavy atom. The highest BCUT2D eigenvalue weighted by Gasteiger charge is 2.34. The highest BCUT2D eigenvalue weighted by atomic mass is 32.2. The zero-order valence-electron chi connectivity index (χ0n) is 15.4. The molecule has 1 unspecified atom stereocenters. The molecule has 144 valence electrons. The summed E-state index contributed by atoms with van der Waals surface area (Å²) in [6.07, 6.45) is 1.98. The van der Waals surface area contributed by atoms with E-state index in [-0.39, 0.29) is 10.9 Å². The van der Waals surface area contributed by atoms with E-state index in [1.54, 1.807) is 17.0 Å². The number of carbonyl (C=O) groups is 1. The Morgan fingerprint density at radius 3 is 2.39 bits per heavy atom. The minimum absolute atomic E-state index is 0.0723. The van der Waals surface area contributed by atoms with Crippen LogP contribution < -0.4 is 4.72 Å². The van der Waals surface area contributed by atoms with Crippen LogP contribution in [0.25, 0.3) is 0 Å². The number of nitrogens with zero attached hydrogens (tertiary/aromatic N) is 2. The Labute approximate surface area is 164 Å². The van der Waals surface area contributed by atoms with Gasteiger partial charge in [0.1, 0.15) is 0 Å². The molecule has 2 amide bonds. The van der Waals surface area contributed by atoms with E-state index >= 15 is 0 Å². The number of fused-ring (bicyclic) bond motifs is 1. The van der Waals surface area contributed by atoms with E-state index < -0.39 is 16.1 Å². The molecule has 1 atom stereocenters. The lowest BCUT2D eigenvalue weighted by Crippen LogP contribution is -2.48. The predicted octanol–water partition coefficient (Wildman–Crippen LogP) is 3.30. The normalized spacial score (nSPS) is 16.5. The lowest BCUT2D eigenvalue weighted by atomic mass is 10.0. The van der Waals surface area contributed by atoms with Gasteiger partial charge in [0.15, 0.2) is 0 Å². The van der Waals surface area contributed by atoms with Crippen molar-refractivity contribution in [1.29, 1.82) is 0 Å². The zero-order chi connectivity index (χ0) is 19.7. The lowest BCUT2D eigenvalue weighted by Gasteiger charge is -2.37. The molecule has 0 saturated carbocycles. The minimum atomic E-state index is -3.94. The van der Waals surface area contributed by atoms with Gasteiger partial charge in [0.05, 0.1) is 10.9 Å². The van der Waals surface area contributed by atoms with Crippen LogP contribution in [0.15, 0.2) is 77.8 Å². The standard InChI is InChI=1S/C21H21N3O3S/c1-16-9-11-18(12-10-16)28(26,27)22-21(25)24-15-14-23-13-5-8-19(23)20(24)17-6-3-2-4-7-17/h2-13,20H,14-15H2,1H3,(H,22,25). The summed E-state index contributed by atoms with van der Waals surface area (Å²) in [4.78, 5) is 14.6. The van der Waals surface area contributed by atoms with Crippen LogP contribution in [0.1, 0.15) is 22.9 Å². The van der Waals surface area contributed by atoms with Crippen molar-refractivity contribution in [3.8, 4) is 0 Å². The van der Waals surface area contributed by atoms with Gasteiger partial charge >= 0.3 is 6.03 Å². The van der Waals surface area contributed by atoms with Gasteiger partial charge in [-0.25, -0.2) is 17.9 Å². The molecule has 4 rings (SSSR count). The van der Waals surface area contributed by atoms with Crippen molar-refractivity contribution < 1.29 is 13.2 Å². The molecule has 28 heavy (non-hydrogen) atoms. The first-order valence-electron chi connectivity index (χ1n) is 9.06. The number of aryl methyl sites for hydroxylation is 1. The summed E-state index contributed by atoms with van der Waals surface area (Å²) in [6, 6.07) is 19.0. The summed E-state index contributed by atoms with van der Waals surface area (Å²) < 4.78 is 29.7. The predicted molar refractivity (Wildman–Crippen MR) is 106 cm³/mol. The number of benzene rings is 2. The zero-order valence-corrected chi connectivity index (χ0v) is 16.3. The maximum absolute atomic E-state index is 13.0. The summed E-state index contributed by atoms with van der Waals surface area (Å²) in [7, 11) is -3.94. The number of amides is 2. The van der Waals surface area contributed by atoms with Gasteiger partial charge in [0, 0.05) is 25.0 Å². The molecule has 0 radical (unpaired) electrons. The molecular formula is C21H21N3O3S. The van der Waals surface area contributed by atoms with Gasteiger partial charge in [-0.1, -0.05) is 48.0 Å². The maximum Gasteiger partial charge on any atom is 0.332 e. The fourth-order valence-electron chi connectivity index (χ4n) is 3.54. The van der Waals surface area contributed by atoms with E-state index in [0.29, 0.717) is 13.1 Å². The van der Waals surface area contributed by atoms with Crippen LogP contribution in [-0.2, 0) is 16.6 Å². The van der Waals surface area contributed by atoms with Crippen molar-refractivity contribution in [3.63, 3.8) is 0 Å². The quantitative estimate of drug-likeness (QED) is 0.740. The molecule has 1 aromatic heterocycles. The fourth-order valence-corrected chi connectivity index (χ4v) is 4.50. The number of rotatable bonds is 3. The summed E-state index contributed by atoms with van der Waals surface area (Å²) in [5, 5.41) is 0. The molecule has 0 spiro atoms. The third-order valence-corrected chi connectivity index (χ3v) is 6.30. The van der Waals surface area contributed by atoms with Crippen LogP contribution in [0.2, 0.25) is 0 Å². The maximum atomic E-state index is 13.0. The van der Waals surface area contributed by atoms with Crippen molar-refractivity contribution in [2.75, 3.05) is 6.54 Å². The molecule has 2 heterocycles. The summed E-state index contributed by atoms with van der Waals surface area (Å²) in [5.74, 6) is 0. The van der Waals surface area contributed by atoms with Gasteiger partial charge in [-0.2, -0.15) is 0 Å². The Balaban J connectivity index is 1.65. The second kappa shape index (κ2) is 7.16. The first kappa shape index (κ1) is 18.3. The Kier molecular flexibility index (Phi) is 4.68. The van der Waals surface area contributed by atoms with Crippen LogP contribution in [0.3, 0.4) is 0 Å². The number of carbonyl (C=O) groups excluding carboxylic acids is 1. The Bertz CT molecular complexity index is 1090. The van der Waals surface area contributed by atoms with Crippen molar-refractivity contribution in [2.45, 2.75) is 24.4 Å². The number of urea groups is 1. The highest BCUT2D eigenvalue weighted by molar-refractivity contribution is 7.90. The van der Waals surface area contributed by atoms with Crippen LogP contribution in [-0.4, -0.2) is 30.5 Å². The Hall–Kier alpha value is -3.06. The van der Waals surface area contributed by atoms with E-state index in [2.05, 4.69) is 9.29 Å². The molecule has 2 aromatic carbocycles. The van der Waals surface area contributed by atoms with Crippen LogP contribution in [0.4, 0.5) is 4.79 Å². The van der Waals surface area contributed by atoms with Crippen molar-refractivity contribution in [3.05, 3.63) is 89.7 Å². The number of aromatic nitrogens is 1. The second-order valence-corrected chi connectivity index (χ2v) is 8.54. The number of hydrogen-bond donors (Lipinski definition) is 1. The van der Waals surface area contributed by atoms with Crippen molar-refractivity contribution in [1.82, 2.24) is 14.2 Å². The van der Waals surface area contributed by atoms with E-state index in [0.717, 1.165) is 16.8 Å². The van der Waals surface area contributed by atoms with E-state index in [9.17, 15) is 13.2 Å². The lowest BCUT2D eigenvalue weighted by molar-refractivity contribution is 0.174. The third-order valence-electron chi connectivity index (χ3n) is 4.97. The smallest absolute Gasteiger partial charge is 0.332 e. The van der Waals surface area contributed by atoms with Gasteiger partial charge in [-0.05, 0) is 36.8 Å². The van der Waals surface area contributed by atoms with Crippen molar-refractivity contribution in [2.24, 2.45) is 0 Å². The van der Waals surface area contributed by atoms with Crippen LogP contribution >= 0.6 is 0 Å². The van der Waals surface area contributed by atoms with Crippen LogP contribution in [0.5, 0.6) is 0 Å². The molecule has 0 saturated heterocycles. The molecule has 7 heteroatoms. The van der Waals surface area contributed by atoms with E-state index in [1.807, 2.05) is 55.6 Å². The first-order chi connectivity index (χ1) is 13.5. The van der Waals surface area contributed by atoms with Gasteiger partial charge in [0.25, 0.3) is 10.0 Å². The monoisotopic (exact) mass is 395 g/mol. The van der Waals surface area contributed by atoms with Crippen molar-refractivity contribution >= 4 is 16.1 Å². The molecule has 0 fully saturated rings. The minimum Gasteiger partial charge on any atom is -0.348 e. The topological polar surface area (TPSA) is 71.4 Å². The summed E-state index contributed by atoms with van der Waals surface area (Å²) >= 11 is 0. The average Bonchev–Trinajstić information content (AvgIpc) is 3.16. The van der Waals surface area contributed by atoms with Crippen LogP contribution in [0, 0.1) is 6.92 Å². The molecule has 3 aromatic rings. The molecule has 0 aliphatic carbocycles. The van der Waals surface area contributed by atoms with Gasteiger partial charge in [-0.3, -0.25) is 0 Å². The van der Waals surface area contributed by atoms with E-state index in [1.165, 1.54) is 12.1 Å².